The fraction of sp³-hybridized carbons (Fsp3) is 0.0909. The maximum atomic E-state index is 5.94. The van der Waals surface area contributed by atoms with Crippen LogP contribution in [0, 0.1) is 0 Å². The van der Waals surface area contributed by atoms with Crippen LogP contribution in [0.25, 0.3) is 10.2 Å². The van der Waals surface area contributed by atoms with Gasteiger partial charge in [0, 0.05) is 16.1 Å². The number of fused-ring (bicyclic) bond motifs is 1. The fourth-order valence-electron chi connectivity index (χ4n) is 1.47. The largest absolute Gasteiger partial charge is 0.357 e. The maximum absolute atomic E-state index is 5.94. The van der Waals surface area contributed by atoms with E-state index in [2.05, 4.69) is 15.3 Å². The van der Waals surface area contributed by atoms with Gasteiger partial charge in [0.15, 0.2) is 5.13 Å². The van der Waals surface area contributed by atoms with E-state index in [4.69, 9.17) is 11.6 Å². The van der Waals surface area contributed by atoms with Crippen molar-refractivity contribution >= 4 is 49.6 Å². The summed E-state index contributed by atoms with van der Waals surface area (Å²) in [5, 5.41) is 4.95. The van der Waals surface area contributed by atoms with Gasteiger partial charge < -0.3 is 5.32 Å². The van der Waals surface area contributed by atoms with Crippen LogP contribution in [-0.4, -0.2) is 9.97 Å². The van der Waals surface area contributed by atoms with E-state index in [0.717, 1.165) is 26.9 Å². The number of hydrogen-bond donors (Lipinski definition) is 1. The van der Waals surface area contributed by atoms with Crippen molar-refractivity contribution in [1.29, 1.82) is 0 Å². The lowest BCUT2D eigenvalue weighted by Crippen LogP contribution is -1.96. The average molecular weight is 282 g/mol. The lowest BCUT2D eigenvalue weighted by molar-refractivity contribution is 1.16. The van der Waals surface area contributed by atoms with Crippen molar-refractivity contribution in [2.24, 2.45) is 0 Å². The summed E-state index contributed by atoms with van der Waals surface area (Å²) in [7, 11) is 0. The second-order valence-electron chi connectivity index (χ2n) is 3.45. The van der Waals surface area contributed by atoms with Crippen LogP contribution in [0.2, 0.25) is 5.02 Å². The Morgan fingerprint density at radius 2 is 2.29 bits per heavy atom. The third-order valence-electron chi connectivity index (χ3n) is 2.25. The van der Waals surface area contributed by atoms with E-state index in [9.17, 15) is 0 Å². The van der Waals surface area contributed by atoms with Crippen molar-refractivity contribution in [3.63, 3.8) is 0 Å². The average Bonchev–Trinajstić information content (AvgIpc) is 2.94. The monoisotopic (exact) mass is 281 g/mol. The topological polar surface area (TPSA) is 37.8 Å². The Balaban J connectivity index is 1.81. The molecule has 2 heterocycles. The predicted molar refractivity (Wildman–Crippen MR) is 74.1 cm³/mol. The number of aromatic nitrogens is 2. The van der Waals surface area contributed by atoms with Crippen molar-refractivity contribution in [2.45, 2.75) is 6.54 Å². The number of thiazole rings is 2. The van der Waals surface area contributed by atoms with Crippen LogP contribution in [0.4, 0.5) is 5.13 Å². The molecule has 0 aliphatic carbocycles. The van der Waals surface area contributed by atoms with Gasteiger partial charge in [-0.05, 0) is 18.2 Å². The highest BCUT2D eigenvalue weighted by molar-refractivity contribution is 7.22. The molecule has 0 aliphatic rings. The van der Waals surface area contributed by atoms with E-state index >= 15 is 0 Å². The highest BCUT2D eigenvalue weighted by Crippen LogP contribution is 2.28. The Bertz CT molecular complexity index is 633. The smallest absolute Gasteiger partial charge is 0.184 e. The molecular weight excluding hydrogens is 274 g/mol. The lowest BCUT2D eigenvalue weighted by atomic mass is 10.3. The van der Waals surface area contributed by atoms with Gasteiger partial charge in [0.05, 0.1) is 22.3 Å². The van der Waals surface area contributed by atoms with Gasteiger partial charge in [-0.3, -0.25) is 4.98 Å². The van der Waals surface area contributed by atoms with Gasteiger partial charge in [-0.2, -0.15) is 0 Å². The summed E-state index contributed by atoms with van der Waals surface area (Å²) >= 11 is 9.18. The highest BCUT2D eigenvalue weighted by atomic mass is 35.5. The molecule has 3 rings (SSSR count). The summed E-state index contributed by atoms with van der Waals surface area (Å²) < 4.78 is 1.10. The maximum Gasteiger partial charge on any atom is 0.184 e. The van der Waals surface area contributed by atoms with Crippen LogP contribution in [0.3, 0.4) is 0 Å². The summed E-state index contributed by atoms with van der Waals surface area (Å²) in [6.07, 6.45) is 1.86. The molecule has 6 heteroatoms. The van der Waals surface area contributed by atoms with Gasteiger partial charge in [-0.25, -0.2) is 4.98 Å². The van der Waals surface area contributed by atoms with E-state index in [-0.39, 0.29) is 0 Å². The van der Waals surface area contributed by atoms with Crippen molar-refractivity contribution in [1.82, 2.24) is 9.97 Å². The van der Waals surface area contributed by atoms with Crippen LogP contribution in [0.1, 0.15) is 4.88 Å². The fourth-order valence-corrected chi connectivity index (χ4v) is 3.14. The molecule has 0 spiro atoms. The third kappa shape index (κ3) is 2.41. The molecule has 0 fully saturated rings. The van der Waals surface area contributed by atoms with Gasteiger partial charge in [0.2, 0.25) is 0 Å². The quantitative estimate of drug-likeness (QED) is 0.788. The third-order valence-corrected chi connectivity index (χ3v) is 4.24. The normalized spacial score (nSPS) is 10.9. The Morgan fingerprint density at radius 1 is 1.35 bits per heavy atom. The SMILES string of the molecule is Clc1ccc2nc(NCc3cncs3)sc2c1. The zero-order chi connectivity index (χ0) is 11.7. The molecule has 3 aromatic rings. The summed E-state index contributed by atoms with van der Waals surface area (Å²) in [6, 6.07) is 5.73. The van der Waals surface area contributed by atoms with E-state index in [1.165, 1.54) is 4.88 Å². The molecule has 1 aromatic carbocycles. The van der Waals surface area contributed by atoms with Crippen molar-refractivity contribution < 1.29 is 0 Å². The zero-order valence-corrected chi connectivity index (χ0v) is 11.1. The molecule has 0 amide bonds. The Labute approximate surface area is 111 Å². The molecule has 2 aromatic heterocycles. The second-order valence-corrected chi connectivity index (χ2v) is 5.89. The molecular formula is C11H8ClN3S2. The molecule has 0 saturated heterocycles. The first-order valence-corrected chi connectivity index (χ1v) is 7.06. The van der Waals surface area contributed by atoms with E-state index in [1.807, 2.05) is 29.9 Å². The van der Waals surface area contributed by atoms with E-state index < -0.39 is 0 Å². The molecule has 1 N–H and O–H groups in total. The number of nitrogens with one attached hydrogen (secondary N) is 1. The first-order chi connectivity index (χ1) is 8.31. The van der Waals surface area contributed by atoms with Gasteiger partial charge >= 0.3 is 0 Å². The molecule has 86 valence electrons. The number of anilines is 1. The molecule has 0 radical (unpaired) electrons. The molecule has 17 heavy (non-hydrogen) atoms. The number of nitrogens with zero attached hydrogens (tertiary/aromatic N) is 2. The van der Waals surface area contributed by atoms with Crippen molar-refractivity contribution in [3.05, 3.63) is 39.8 Å². The molecule has 3 nitrogen and oxygen atoms in total. The van der Waals surface area contributed by atoms with E-state index in [0.29, 0.717) is 0 Å². The van der Waals surface area contributed by atoms with Crippen LogP contribution in [0.5, 0.6) is 0 Å². The molecule has 0 aliphatic heterocycles. The summed E-state index contributed by atoms with van der Waals surface area (Å²) in [5.74, 6) is 0. The van der Waals surface area contributed by atoms with Gasteiger partial charge in [0.25, 0.3) is 0 Å². The van der Waals surface area contributed by atoms with Crippen molar-refractivity contribution in [2.75, 3.05) is 5.32 Å². The standard InChI is InChI=1S/C11H8ClN3S2/c12-7-1-2-9-10(3-7)17-11(15-9)14-5-8-4-13-6-16-8/h1-4,6H,5H2,(H,14,15). The summed E-state index contributed by atoms with van der Waals surface area (Å²) in [6.45, 7) is 0.762. The second kappa shape index (κ2) is 4.60. The summed E-state index contributed by atoms with van der Waals surface area (Å²) in [5.41, 5.74) is 2.81. The zero-order valence-electron chi connectivity index (χ0n) is 8.68. The first kappa shape index (κ1) is 11.0. The Kier molecular flexibility index (Phi) is 2.96. The minimum Gasteiger partial charge on any atom is -0.357 e. The van der Waals surface area contributed by atoms with Crippen LogP contribution in [0.15, 0.2) is 29.9 Å². The van der Waals surface area contributed by atoms with Gasteiger partial charge in [-0.15, -0.1) is 11.3 Å². The molecule has 0 bridgehead atoms. The number of halogens is 1. The minimum absolute atomic E-state index is 0.746. The Hall–Kier alpha value is -1.17. The summed E-state index contributed by atoms with van der Waals surface area (Å²) in [4.78, 5) is 9.72. The lowest BCUT2D eigenvalue weighted by Gasteiger charge is -1.97. The van der Waals surface area contributed by atoms with Crippen LogP contribution < -0.4 is 5.32 Å². The van der Waals surface area contributed by atoms with E-state index in [1.54, 1.807) is 22.7 Å². The molecule has 0 saturated carbocycles. The number of benzene rings is 1. The molecule has 0 atom stereocenters. The number of rotatable bonds is 3. The first-order valence-electron chi connectivity index (χ1n) is 4.98. The van der Waals surface area contributed by atoms with Crippen LogP contribution in [-0.2, 0) is 6.54 Å². The minimum atomic E-state index is 0.746. The molecule has 0 unspecified atom stereocenters. The van der Waals surface area contributed by atoms with Gasteiger partial charge in [-0.1, -0.05) is 22.9 Å². The highest BCUT2D eigenvalue weighted by Gasteiger charge is 2.04. The van der Waals surface area contributed by atoms with Crippen LogP contribution >= 0.6 is 34.3 Å². The predicted octanol–water partition coefficient (Wildman–Crippen LogP) is 4.02. The Morgan fingerprint density at radius 3 is 3.12 bits per heavy atom. The van der Waals surface area contributed by atoms with Crippen molar-refractivity contribution in [3.8, 4) is 0 Å². The van der Waals surface area contributed by atoms with Gasteiger partial charge in [0.1, 0.15) is 0 Å². The number of hydrogen-bond acceptors (Lipinski definition) is 5.